The number of benzene rings is 1. The first-order chi connectivity index (χ1) is 9.56. The molecule has 0 spiro atoms. The van der Waals surface area contributed by atoms with Gasteiger partial charge in [-0.05, 0) is 44.0 Å². The highest BCUT2D eigenvalue weighted by atomic mass is 19.1. The van der Waals surface area contributed by atoms with Crippen molar-refractivity contribution in [3.63, 3.8) is 0 Å². The molecule has 1 aliphatic carbocycles. The maximum absolute atomic E-state index is 13.0. The number of halogens is 1. The Morgan fingerprint density at radius 1 is 1.20 bits per heavy atom. The van der Waals surface area contributed by atoms with E-state index in [0.717, 1.165) is 35.7 Å². The summed E-state index contributed by atoms with van der Waals surface area (Å²) in [5.41, 5.74) is 7.71. The minimum absolute atomic E-state index is 0.250. The van der Waals surface area contributed by atoms with Crippen LogP contribution in [0.1, 0.15) is 30.1 Å². The molecule has 0 bridgehead atoms. The van der Waals surface area contributed by atoms with Crippen LogP contribution < -0.4 is 10.6 Å². The molecule has 1 aromatic heterocycles. The molecule has 4 nitrogen and oxygen atoms in total. The van der Waals surface area contributed by atoms with Crippen molar-refractivity contribution < 1.29 is 4.39 Å². The fraction of sp³-hybridized carbons (Fsp3) is 0.333. The van der Waals surface area contributed by atoms with E-state index in [-0.39, 0.29) is 5.82 Å². The van der Waals surface area contributed by atoms with Crippen molar-refractivity contribution in [3.05, 3.63) is 41.5 Å². The highest BCUT2D eigenvalue weighted by molar-refractivity contribution is 5.66. The van der Waals surface area contributed by atoms with Crippen LogP contribution in [0.25, 0.3) is 0 Å². The summed E-state index contributed by atoms with van der Waals surface area (Å²) >= 11 is 0. The molecule has 1 fully saturated rings. The van der Waals surface area contributed by atoms with Crippen LogP contribution in [-0.2, 0) is 0 Å². The summed E-state index contributed by atoms with van der Waals surface area (Å²) in [6, 6.07) is 6.33. The fourth-order valence-corrected chi connectivity index (χ4v) is 2.18. The van der Waals surface area contributed by atoms with Crippen LogP contribution in [0.4, 0.5) is 21.7 Å². The van der Waals surface area contributed by atoms with Crippen molar-refractivity contribution >= 4 is 17.3 Å². The fourth-order valence-electron chi connectivity index (χ4n) is 2.18. The number of nitrogens with zero attached hydrogens (tertiary/aromatic N) is 3. The molecule has 0 atom stereocenters. The lowest BCUT2D eigenvalue weighted by Crippen LogP contribution is -2.16. The van der Waals surface area contributed by atoms with E-state index in [1.54, 1.807) is 12.1 Å². The molecule has 0 radical (unpaired) electrons. The van der Waals surface area contributed by atoms with Gasteiger partial charge in [0, 0.05) is 24.2 Å². The molecule has 3 rings (SSSR count). The minimum atomic E-state index is -0.250. The third-order valence-electron chi connectivity index (χ3n) is 3.65. The van der Waals surface area contributed by atoms with Crippen LogP contribution in [0.5, 0.6) is 0 Å². The zero-order chi connectivity index (χ0) is 14.3. The quantitative estimate of drug-likeness (QED) is 0.932. The molecule has 5 heteroatoms. The molecule has 0 unspecified atom stereocenters. The number of nitrogen functional groups attached to an aromatic ring is 1. The average molecular weight is 272 g/mol. The third kappa shape index (κ3) is 2.31. The van der Waals surface area contributed by atoms with E-state index in [1.807, 2.05) is 18.9 Å². The van der Waals surface area contributed by atoms with Gasteiger partial charge in [-0.1, -0.05) is 0 Å². The molecule has 104 valence electrons. The van der Waals surface area contributed by atoms with E-state index in [9.17, 15) is 4.39 Å². The van der Waals surface area contributed by atoms with E-state index in [0.29, 0.717) is 11.7 Å². The first kappa shape index (κ1) is 12.8. The Labute approximate surface area is 117 Å². The summed E-state index contributed by atoms with van der Waals surface area (Å²) in [4.78, 5) is 10.9. The van der Waals surface area contributed by atoms with Gasteiger partial charge in [0.2, 0.25) is 0 Å². The maximum Gasteiger partial charge on any atom is 0.141 e. The Hall–Kier alpha value is -2.17. The van der Waals surface area contributed by atoms with Crippen LogP contribution >= 0.6 is 0 Å². The van der Waals surface area contributed by atoms with Crippen molar-refractivity contribution in [2.24, 2.45) is 0 Å². The Balaban J connectivity index is 2.01. The van der Waals surface area contributed by atoms with Gasteiger partial charge in [-0.25, -0.2) is 14.4 Å². The zero-order valence-electron chi connectivity index (χ0n) is 11.6. The Morgan fingerprint density at radius 3 is 2.45 bits per heavy atom. The summed E-state index contributed by atoms with van der Waals surface area (Å²) in [5, 5.41) is 0. The van der Waals surface area contributed by atoms with Crippen molar-refractivity contribution in [1.82, 2.24) is 9.97 Å². The van der Waals surface area contributed by atoms with Crippen molar-refractivity contribution in [2.45, 2.75) is 25.7 Å². The van der Waals surface area contributed by atoms with Gasteiger partial charge in [-0.15, -0.1) is 0 Å². The number of anilines is 3. The number of hydrogen-bond acceptors (Lipinski definition) is 4. The monoisotopic (exact) mass is 272 g/mol. The summed E-state index contributed by atoms with van der Waals surface area (Å²) in [6.07, 6.45) is 2.25. The second-order valence-electron chi connectivity index (χ2n) is 5.23. The zero-order valence-corrected chi connectivity index (χ0v) is 11.6. The van der Waals surface area contributed by atoms with Gasteiger partial charge < -0.3 is 10.6 Å². The normalized spacial score (nSPS) is 14.3. The van der Waals surface area contributed by atoms with E-state index in [4.69, 9.17) is 5.73 Å². The van der Waals surface area contributed by atoms with Gasteiger partial charge in [0.05, 0.1) is 0 Å². The third-order valence-corrected chi connectivity index (χ3v) is 3.65. The maximum atomic E-state index is 13.0. The Bertz CT molecular complexity index is 635. The molecule has 20 heavy (non-hydrogen) atoms. The topological polar surface area (TPSA) is 55.0 Å². The lowest BCUT2D eigenvalue weighted by Gasteiger charge is -2.21. The van der Waals surface area contributed by atoms with Gasteiger partial charge in [-0.2, -0.15) is 0 Å². The molecule has 1 heterocycles. The van der Waals surface area contributed by atoms with Gasteiger partial charge in [0.1, 0.15) is 23.3 Å². The first-order valence-electron chi connectivity index (χ1n) is 6.69. The summed E-state index contributed by atoms with van der Waals surface area (Å²) in [5.74, 6) is 2.31. The first-order valence-corrected chi connectivity index (χ1v) is 6.69. The van der Waals surface area contributed by atoms with Crippen molar-refractivity contribution in [1.29, 1.82) is 0 Å². The summed E-state index contributed by atoms with van der Waals surface area (Å²) in [6.45, 7) is 1.90. The van der Waals surface area contributed by atoms with Gasteiger partial charge in [0.25, 0.3) is 0 Å². The van der Waals surface area contributed by atoms with Gasteiger partial charge in [-0.3, -0.25) is 0 Å². The molecule has 0 amide bonds. The molecular formula is C15H17FN4. The largest absolute Gasteiger partial charge is 0.383 e. The van der Waals surface area contributed by atoms with Crippen molar-refractivity contribution in [3.8, 4) is 0 Å². The molecule has 2 aromatic rings. The Kier molecular flexibility index (Phi) is 3.04. The second-order valence-corrected chi connectivity index (χ2v) is 5.23. The van der Waals surface area contributed by atoms with E-state index in [2.05, 4.69) is 9.97 Å². The lowest BCUT2D eigenvalue weighted by molar-refractivity contribution is 0.628. The Morgan fingerprint density at radius 2 is 1.85 bits per heavy atom. The molecule has 0 aliphatic heterocycles. The highest BCUT2D eigenvalue weighted by Gasteiger charge is 2.28. The average Bonchev–Trinajstić information content (AvgIpc) is 3.26. The van der Waals surface area contributed by atoms with Crippen molar-refractivity contribution in [2.75, 3.05) is 17.7 Å². The van der Waals surface area contributed by atoms with Gasteiger partial charge >= 0.3 is 0 Å². The highest BCUT2D eigenvalue weighted by Crippen LogP contribution is 2.40. The molecule has 2 N–H and O–H groups in total. The summed E-state index contributed by atoms with van der Waals surface area (Å²) in [7, 11) is 1.90. The SMILES string of the molecule is Cc1c(N)nc(C2CC2)nc1N(C)c1ccc(F)cc1. The second kappa shape index (κ2) is 4.74. The minimum Gasteiger partial charge on any atom is -0.383 e. The van der Waals surface area contributed by atoms with Crippen LogP contribution in [0.15, 0.2) is 24.3 Å². The predicted octanol–water partition coefficient (Wildman–Crippen LogP) is 3.15. The van der Waals surface area contributed by atoms with Gasteiger partial charge in [0.15, 0.2) is 0 Å². The molecule has 1 saturated carbocycles. The number of nitrogens with two attached hydrogens (primary N) is 1. The smallest absolute Gasteiger partial charge is 0.141 e. The predicted molar refractivity (Wildman–Crippen MR) is 77.6 cm³/mol. The van der Waals surface area contributed by atoms with E-state index in [1.165, 1.54) is 12.1 Å². The number of aromatic nitrogens is 2. The summed E-state index contributed by atoms with van der Waals surface area (Å²) < 4.78 is 13.0. The van der Waals surface area contributed by atoms with Crippen LogP contribution in [-0.4, -0.2) is 17.0 Å². The molecule has 0 saturated heterocycles. The number of rotatable bonds is 3. The lowest BCUT2D eigenvalue weighted by atomic mass is 10.2. The standard InChI is InChI=1S/C15H17FN4/c1-9-13(17)18-14(10-3-4-10)19-15(9)20(2)12-7-5-11(16)6-8-12/h5-8,10H,3-4H2,1-2H3,(H2,17,18,19). The molecular weight excluding hydrogens is 255 g/mol. The van der Waals surface area contributed by atoms with E-state index >= 15 is 0 Å². The van der Waals surface area contributed by atoms with Crippen LogP contribution in [0.2, 0.25) is 0 Å². The van der Waals surface area contributed by atoms with Crippen LogP contribution in [0, 0.1) is 12.7 Å². The molecule has 1 aliphatic rings. The molecule has 1 aromatic carbocycles. The number of hydrogen-bond donors (Lipinski definition) is 1. The van der Waals surface area contributed by atoms with Crippen LogP contribution in [0.3, 0.4) is 0 Å². The van der Waals surface area contributed by atoms with E-state index < -0.39 is 0 Å².